The van der Waals surface area contributed by atoms with Crippen LogP contribution in [0.15, 0.2) is 29.9 Å². The molecule has 0 fully saturated rings. The molecule has 1 atom stereocenters. The molecule has 112 valence electrons. The van der Waals surface area contributed by atoms with Gasteiger partial charge in [-0.05, 0) is 25.1 Å². The highest BCUT2D eigenvalue weighted by Crippen LogP contribution is 2.28. The molecule has 0 saturated heterocycles. The van der Waals surface area contributed by atoms with E-state index in [1.165, 1.54) is 11.3 Å². The lowest BCUT2D eigenvalue weighted by Crippen LogP contribution is -2.33. The summed E-state index contributed by atoms with van der Waals surface area (Å²) in [6, 6.07) is 4.84. The van der Waals surface area contributed by atoms with Gasteiger partial charge in [0.25, 0.3) is 5.91 Å². The summed E-state index contributed by atoms with van der Waals surface area (Å²) in [5, 5.41) is 0.906. The van der Waals surface area contributed by atoms with Gasteiger partial charge in [-0.2, -0.15) is 0 Å². The molecule has 0 aliphatic heterocycles. The van der Waals surface area contributed by atoms with Crippen molar-refractivity contribution in [3.05, 3.63) is 44.8 Å². The number of hydrogen-bond donors (Lipinski definition) is 0. The Balaban J connectivity index is 1.95. The molecule has 2 aromatic rings. The molecule has 0 aliphatic carbocycles. The van der Waals surface area contributed by atoms with Gasteiger partial charge in [0.2, 0.25) is 0 Å². The van der Waals surface area contributed by atoms with Crippen LogP contribution >= 0.6 is 34.5 Å². The molecular weight excluding hydrogens is 331 g/mol. The van der Waals surface area contributed by atoms with Gasteiger partial charge < -0.3 is 9.64 Å². The molecule has 1 amide bonds. The molecule has 0 N–H and O–H groups in total. The molecule has 2 rings (SSSR count). The van der Waals surface area contributed by atoms with Crippen LogP contribution in [0.5, 0.6) is 5.75 Å². The molecule has 1 unspecified atom stereocenters. The summed E-state index contributed by atoms with van der Waals surface area (Å²) in [6.45, 7) is 1.86. The average molecular weight is 345 g/mol. The largest absolute Gasteiger partial charge is 0.482 e. The summed E-state index contributed by atoms with van der Waals surface area (Å²) in [4.78, 5) is 18.8. The number of benzene rings is 1. The van der Waals surface area contributed by atoms with Gasteiger partial charge in [0.05, 0.1) is 16.6 Å². The SMILES string of the molecule is CC(c1cncs1)N(C)C(=O)COc1ccc(Cl)cc1Cl. The van der Waals surface area contributed by atoms with Crippen molar-refractivity contribution in [2.45, 2.75) is 13.0 Å². The van der Waals surface area contributed by atoms with Crippen LogP contribution in [0.1, 0.15) is 17.8 Å². The normalized spacial score (nSPS) is 12.0. The van der Waals surface area contributed by atoms with Crippen LogP contribution in [0.25, 0.3) is 0 Å². The Bertz CT molecular complexity index is 619. The number of amides is 1. The van der Waals surface area contributed by atoms with Crippen LogP contribution < -0.4 is 4.74 Å². The topological polar surface area (TPSA) is 42.4 Å². The van der Waals surface area contributed by atoms with Gasteiger partial charge in [0.15, 0.2) is 6.61 Å². The van der Waals surface area contributed by atoms with E-state index in [4.69, 9.17) is 27.9 Å². The number of carbonyl (C=O) groups is 1. The maximum atomic E-state index is 12.1. The molecule has 21 heavy (non-hydrogen) atoms. The molecule has 0 spiro atoms. The van der Waals surface area contributed by atoms with E-state index < -0.39 is 0 Å². The van der Waals surface area contributed by atoms with Gasteiger partial charge in [0.1, 0.15) is 5.75 Å². The van der Waals surface area contributed by atoms with Gasteiger partial charge in [-0.3, -0.25) is 9.78 Å². The van der Waals surface area contributed by atoms with Gasteiger partial charge in [0, 0.05) is 23.1 Å². The number of ether oxygens (including phenoxy) is 1. The smallest absolute Gasteiger partial charge is 0.260 e. The summed E-state index contributed by atoms with van der Waals surface area (Å²) >= 11 is 13.3. The predicted octanol–water partition coefficient (Wildman–Crippen LogP) is 4.05. The Kier molecular flexibility index (Phi) is 5.45. The van der Waals surface area contributed by atoms with Crippen molar-refractivity contribution in [3.8, 4) is 5.75 Å². The Morgan fingerprint density at radius 1 is 1.48 bits per heavy atom. The van der Waals surface area contributed by atoms with Crippen molar-refractivity contribution in [2.24, 2.45) is 0 Å². The maximum absolute atomic E-state index is 12.1. The van der Waals surface area contributed by atoms with E-state index in [0.29, 0.717) is 15.8 Å². The van der Waals surface area contributed by atoms with E-state index in [1.807, 2.05) is 6.92 Å². The fraction of sp³-hybridized carbons (Fsp3) is 0.286. The first kappa shape index (κ1) is 16.1. The van der Waals surface area contributed by atoms with Crippen molar-refractivity contribution in [3.63, 3.8) is 0 Å². The van der Waals surface area contributed by atoms with Crippen LogP contribution in [0.2, 0.25) is 10.0 Å². The number of carbonyl (C=O) groups excluding carboxylic acids is 1. The number of hydrogen-bond acceptors (Lipinski definition) is 4. The second-order valence-corrected chi connectivity index (χ2v) is 6.21. The van der Waals surface area contributed by atoms with Crippen molar-refractivity contribution in [1.29, 1.82) is 0 Å². The third kappa shape index (κ3) is 4.09. The first-order valence-corrected chi connectivity index (χ1v) is 7.84. The molecule has 1 aromatic carbocycles. The molecule has 0 radical (unpaired) electrons. The lowest BCUT2D eigenvalue weighted by molar-refractivity contribution is -0.133. The lowest BCUT2D eigenvalue weighted by atomic mass is 10.2. The zero-order valence-corrected chi connectivity index (χ0v) is 13.9. The second-order valence-electron chi connectivity index (χ2n) is 4.45. The highest BCUT2D eigenvalue weighted by Gasteiger charge is 2.19. The van der Waals surface area contributed by atoms with Crippen molar-refractivity contribution < 1.29 is 9.53 Å². The molecule has 0 saturated carbocycles. The van der Waals surface area contributed by atoms with E-state index in [1.54, 1.807) is 41.9 Å². The predicted molar refractivity (Wildman–Crippen MR) is 85.3 cm³/mol. The van der Waals surface area contributed by atoms with Gasteiger partial charge >= 0.3 is 0 Å². The summed E-state index contributed by atoms with van der Waals surface area (Å²) in [5.74, 6) is 0.301. The molecule has 1 heterocycles. The minimum atomic E-state index is -0.137. The van der Waals surface area contributed by atoms with Crippen molar-refractivity contribution >= 4 is 40.4 Å². The fourth-order valence-corrected chi connectivity index (χ4v) is 2.86. The minimum Gasteiger partial charge on any atom is -0.482 e. The number of halogens is 2. The van der Waals surface area contributed by atoms with E-state index in [0.717, 1.165) is 4.88 Å². The molecule has 0 aliphatic rings. The summed E-state index contributed by atoms with van der Waals surface area (Å²) in [6.07, 6.45) is 1.76. The molecule has 1 aromatic heterocycles. The standard InChI is InChI=1S/C14H14Cl2N2O2S/c1-9(13-6-17-8-21-13)18(2)14(19)7-20-12-4-3-10(15)5-11(12)16/h3-6,8-9H,7H2,1-2H3. The van der Waals surface area contributed by atoms with Gasteiger partial charge in [-0.1, -0.05) is 23.2 Å². The van der Waals surface area contributed by atoms with E-state index in [2.05, 4.69) is 4.98 Å². The fourth-order valence-electron chi connectivity index (χ4n) is 1.67. The first-order valence-electron chi connectivity index (χ1n) is 6.21. The van der Waals surface area contributed by atoms with Crippen LogP contribution in [0, 0.1) is 0 Å². The number of likely N-dealkylation sites (N-methyl/N-ethyl adjacent to an activating group) is 1. The van der Waals surface area contributed by atoms with Crippen molar-refractivity contribution in [1.82, 2.24) is 9.88 Å². The third-order valence-corrected chi connectivity index (χ3v) is 4.56. The first-order chi connectivity index (χ1) is 9.99. The number of nitrogens with zero attached hydrogens (tertiary/aromatic N) is 2. The second kappa shape index (κ2) is 7.11. The van der Waals surface area contributed by atoms with E-state index in [9.17, 15) is 4.79 Å². The number of thiazole rings is 1. The Labute approximate surface area is 137 Å². The Morgan fingerprint density at radius 3 is 2.86 bits per heavy atom. The van der Waals surface area contributed by atoms with Crippen LogP contribution in [-0.2, 0) is 4.79 Å². The van der Waals surface area contributed by atoms with Crippen LogP contribution in [0.3, 0.4) is 0 Å². The Hall–Kier alpha value is -1.30. The summed E-state index contributed by atoms with van der Waals surface area (Å²) in [7, 11) is 1.74. The molecular formula is C14H14Cl2N2O2S. The maximum Gasteiger partial charge on any atom is 0.260 e. The monoisotopic (exact) mass is 344 g/mol. The van der Waals surface area contributed by atoms with Gasteiger partial charge in [-0.15, -0.1) is 11.3 Å². The molecule has 7 heteroatoms. The zero-order chi connectivity index (χ0) is 15.4. The van der Waals surface area contributed by atoms with Crippen LogP contribution in [-0.4, -0.2) is 29.4 Å². The highest BCUT2D eigenvalue weighted by molar-refractivity contribution is 7.09. The summed E-state index contributed by atoms with van der Waals surface area (Å²) < 4.78 is 5.45. The number of aromatic nitrogens is 1. The zero-order valence-electron chi connectivity index (χ0n) is 11.5. The van der Waals surface area contributed by atoms with E-state index in [-0.39, 0.29) is 18.6 Å². The summed E-state index contributed by atoms with van der Waals surface area (Å²) in [5.41, 5.74) is 1.74. The van der Waals surface area contributed by atoms with Crippen LogP contribution in [0.4, 0.5) is 0 Å². The van der Waals surface area contributed by atoms with Crippen molar-refractivity contribution in [2.75, 3.05) is 13.7 Å². The quantitative estimate of drug-likeness (QED) is 0.821. The third-order valence-electron chi connectivity index (χ3n) is 3.08. The lowest BCUT2D eigenvalue weighted by Gasteiger charge is -2.23. The minimum absolute atomic E-state index is 0.0470. The average Bonchev–Trinajstić information content (AvgIpc) is 2.98. The highest BCUT2D eigenvalue weighted by atomic mass is 35.5. The number of rotatable bonds is 5. The molecule has 4 nitrogen and oxygen atoms in total. The molecule has 0 bridgehead atoms. The Morgan fingerprint density at radius 2 is 2.24 bits per heavy atom. The van der Waals surface area contributed by atoms with Gasteiger partial charge in [-0.25, -0.2) is 0 Å². The van der Waals surface area contributed by atoms with E-state index >= 15 is 0 Å².